The van der Waals surface area contributed by atoms with E-state index in [2.05, 4.69) is 12.0 Å². The lowest BCUT2D eigenvalue weighted by Crippen LogP contribution is -1.99. The molecule has 0 atom stereocenters. The van der Waals surface area contributed by atoms with Gasteiger partial charge in [0.2, 0.25) is 0 Å². The highest BCUT2D eigenvalue weighted by Gasteiger charge is 2.05. The molecule has 0 amide bonds. The lowest BCUT2D eigenvalue weighted by molar-refractivity contribution is 0.112. The van der Waals surface area contributed by atoms with Crippen molar-refractivity contribution >= 4 is 6.29 Å². The Morgan fingerprint density at radius 1 is 1.44 bits per heavy atom. The van der Waals surface area contributed by atoms with Gasteiger partial charge in [-0.3, -0.25) is 4.79 Å². The normalized spacial score (nSPS) is 10.4. The molecule has 1 aromatic heterocycles. The molecule has 0 N–H and O–H groups in total. The minimum atomic E-state index is 0.672. The molecular weight excluding hydrogens is 200 g/mol. The summed E-state index contributed by atoms with van der Waals surface area (Å²) in [5.74, 6) is 0. The molecule has 0 radical (unpaired) electrons. The third kappa shape index (κ3) is 1.89. The molecule has 0 spiro atoms. The number of benzene rings is 1. The Hall–Kier alpha value is -1.90. The molecule has 2 rings (SSSR count). The summed E-state index contributed by atoms with van der Waals surface area (Å²) in [4.78, 5) is 11.0. The fourth-order valence-corrected chi connectivity index (χ4v) is 1.65. The van der Waals surface area contributed by atoms with Gasteiger partial charge >= 0.3 is 0 Å². The van der Waals surface area contributed by atoms with Crippen molar-refractivity contribution < 1.29 is 4.79 Å². The van der Waals surface area contributed by atoms with Crippen LogP contribution in [0.25, 0.3) is 5.69 Å². The molecule has 0 saturated carbocycles. The first-order chi connectivity index (χ1) is 7.74. The summed E-state index contributed by atoms with van der Waals surface area (Å²) in [6, 6.07) is 5.77. The summed E-state index contributed by atoms with van der Waals surface area (Å²) in [7, 11) is 0. The predicted octanol–water partition coefficient (Wildman–Crippen LogP) is 2.56. The van der Waals surface area contributed by atoms with Crippen molar-refractivity contribution in [1.29, 1.82) is 0 Å². The Balaban J connectivity index is 2.50. The van der Waals surface area contributed by atoms with Crippen LogP contribution in [-0.2, 0) is 6.42 Å². The molecule has 1 heterocycles. The summed E-state index contributed by atoms with van der Waals surface area (Å²) in [6.45, 7) is 4.05. The maximum atomic E-state index is 11.0. The minimum absolute atomic E-state index is 0.672. The first-order valence-corrected chi connectivity index (χ1v) is 5.34. The van der Waals surface area contributed by atoms with E-state index in [1.165, 1.54) is 0 Å². The number of hydrogen-bond acceptors (Lipinski definition) is 2. The van der Waals surface area contributed by atoms with Crippen molar-refractivity contribution in [2.45, 2.75) is 20.3 Å². The van der Waals surface area contributed by atoms with Crippen LogP contribution in [0.3, 0.4) is 0 Å². The number of carbonyl (C=O) groups is 1. The zero-order chi connectivity index (χ0) is 11.5. The van der Waals surface area contributed by atoms with Crippen molar-refractivity contribution in [3.8, 4) is 5.69 Å². The van der Waals surface area contributed by atoms with E-state index in [4.69, 9.17) is 0 Å². The molecule has 1 aromatic carbocycles. The van der Waals surface area contributed by atoms with Crippen LogP contribution >= 0.6 is 0 Å². The molecule has 0 aliphatic heterocycles. The smallest absolute Gasteiger partial charge is 0.152 e. The van der Waals surface area contributed by atoms with Crippen LogP contribution in [0.4, 0.5) is 0 Å². The van der Waals surface area contributed by atoms with E-state index in [-0.39, 0.29) is 0 Å². The lowest BCUT2D eigenvalue weighted by Gasteiger charge is -2.05. The van der Waals surface area contributed by atoms with Crippen molar-refractivity contribution in [3.63, 3.8) is 0 Å². The molecule has 0 fully saturated rings. The summed E-state index contributed by atoms with van der Waals surface area (Å²) in [5.41, 5.74) is 3.75. The number of aromatic nitrogens is 2. The number of aldehydes is 1. The first-order valence-electron chi connectivity index (χ1n) is 5.34. The summed E-state index contributed by atoms with van der Waals surface area (Å²) in [5, 5.41) is 4.25. The largest absolute Gasteiger partial charge is 0.298 e. The van der Waals surface area contributed by atoms with Gasteiger partial charge in [0, 0.05) is 11.8 Å². The van der Waals surface area contributed by atoms with Gasteiger partial charge in [-0.1, -0.05) is 18.6 Å². The zero-order valence-corrected chi connectivity index (χ0v) is 9.47. The lowest BCUT2D eigenvalue weighted by atomic mass is 10.1. The maximum Gasteiger partial charge on any atom is 0.152 e. The van der Waals surface area contributed by atoms with E-state index >= 15 is 0 Å². The second-order valence-corrected chi connectivity index (χ2v) is 3.83. The summed E-state index contributed by atoms with van der Waals surface area (Å²) in [6.07, 6.45) is 5.60. The van der Waals surface area contributed by atoms with E-state index in [0.29, 0.717) is 5.56 Å². The van der Waals surface area contributed by atoms with Gasteiger partial charge in [-0.15, -0.1) is 0 Å². The molecule has 3 heteroatoms. The Kier molecular flexibility index (Phi) is 2.86. The average molecular weight is 214 g/mol. The maximum absolute atomic E-state index is 11.0. The van der Waals surface area contributed by atoms with E-state index < -0.39 is 0 Å². The van der Waals surface area contributed by atoms with Crippen LogP contribution in [0.2, 0.25) is 0 Å². The van der Waals surface area contributed by atoms with Crippen molar-refractivity contribution in [3.05, 3.63) is 47.3 Å². The number of nitrogens with zero attached hydrogens (tertiary/aromatic N) is 2. The first kappa shape index (κ1) is 10.6. The quantitative estimate of drug-likeness (QED) is 0.736. The van der Waals surface area contributed by atoms with E-state index in [9.17, 15) is 4.79 Å². The molecule has 0 saturated heterocycles. The van der Waals surface area contributed by atoms with Crippen LogP contribution < -0.4 is 0 Å². The molecule has 0 aliphatic rings. The second kappa shape index (κ2) is 4.31. The monoisotopic (exact) mass is 214 g/mol. The fourth-order valence-electron chi connectivity index (χ4n) is 1.65. The van der Waals surface area contributed by atoms with E-state index in [0.717, 1.165) is 29.5 Å². The Bertz CT molecular complexity index is 514. The van der Waals surface area contributed by atoms with Crippen LogP contribution in [0.15, 0.2) is 30.6 Å². The van der Waals surface area contributed by atoms with Gasteiger partial charge in [-0.05, 0) is 31.0 Å². The van der Waals surface area contributed by atoms with Gasteiger partial charge in [0.1, 0.15) is 0 Å². The highest BCUT2D eigenvalue weighted by atomic mass is 16.1. The number of aryl methyl sites for hydroxylation is 2. The molecule has 16 heavy (non-hydrogen) atoms. The van der Waals surface area contributed by atoms with Crippen LogP contribution in [0.5, 0.6) is 0 Å². The van der Waals surface area contributed by atoms with E-state index in [1.807, 2.05) is 37.5 Å². The molecule has 0 aliphatic carbocycles. The van der Waals surface area contributed by atoms with Crippen LogP contribution in [0.1, 0.15) is 28.4 Å². The Labute approximate surface area is 94.7 Å². The topological polar surface area (TPSA) is 34.9 Å². The van der Waals surface area contributed by atoms with Crippen LogP contribution in [-0.4, -0.2) is 16.1 Å². The highest BCUT2D eigenvalue weighted by molar-refractivity contribution is 5.81. The fraction of sp³-hybridized carbons (Fsp3) is 0.231. The van der Waals surface area contributed by atoms with Crippen molar-refractivity contribution in [2.75, 3.05) is 0 Å². The predicted molar refractivity (Wildman–Crippen MR) is 63.1 cm³/mol. The minimum Gasteiger partial charge on any atom is -0.298 e. The number of carbonyl (C=O) groups excluding carboxylic acids is 1. The number of rotatable bonds is 3. The third-order valence-electron chi connectivity index (χ3n) is 2.60. The molecule has 0 unspecified atom stereocenters. The average Bonchev–Trinajstić information content (AvgIpc) is 2.77. The third-order valence-corrected chi connectivity index (χ3v) is 2.60. The molecule has 82 valence electrons. The molecule has 3 nitrogen and oxygen atoms in total. The molecule has 2 aromatic rings. The zero-order valence-electron chi connectivity index (χ0n) is 9.47. The van der Waals surface area contributed by atoms with Crippen molar-refractivity contribution in [2.24, 2.45) is 0 Å². The van der Waals surface area contributed by atoms with Gasteiger partial charge < -0.3 is 0 Å². The van der Waals surface area contributed by atoms with Gasteiger partial charge in [0.15, 0.2) is 6.29 Å². The van der Waals surface area contributed by atoms with Gasteiger partial charge in [0.05, 0.1) is 11.9 Å². The Morgan fingerprint density at radius 3 is 2.88 bits per heavy atom. The second-order valence-electron chi connectivity index (χ2n) is 3.83. The summed E-state index contributed by atoms with van der Waals surface area (Å²) < 4.78 is 1.75. The highest BCUT2D eigenvalue weighted by Crippen LogP contribution is 2.15. The molecular formula is C13H14N2O. The van der Waals surface area contributed by atoms with E-state index in [1.54, 1.807) is 4.68 Å². The summed E-state index contributed by atoms with van der Waals surface area (Å²) >= 11 is 0. The van der Waals surface area contributed by atoms with Gasteiger partial charge in [-0.2, -0.15) is 5.10 Å². The van der Waals surface area contributed by atoms with Gasteiger partial charge in [0.25, 0.3) is 0 Å². The Morgan fingerprint density at radius 2 is 2.25 bits per heavy atom. The number of hydrogen-bond donors (Lipinski definition) is 0. The standard InChI is InChI=1S/C13H14N2O/c1-3-11-7-14-15(8-11)13-5-4-10(2)6-12(13)9-16/h4-9H,3H2,1-2H3. The van der Waals surface area contributed by atoms with Crippen LogP contribution in [0, 0.1) is 6.92 Å². The molecule has 0 bridgehead atoms. The van der Waals surface area contributed by atoms with Gasteiger partial charge in [-0.25, -0.2) is 4.68 Å². The SMILES string of the molecule is CCc1cnn(-c2ccc(C)cc2C=O)c1. The van der Waals surface area contributed by atoms with Crippen molar-refractivity contribution in [1.82, 2.24) is 9.78 Å².